The molecule has 164 valence electrons. The molecular weight excluding hydrogens is 402 g/mol. The van der Waals surface area contributed by atoms with Crippen molar-refractivity contribution in [1.29, 1.82) is 15.8 Å². The normalized spacial score (nSPS) is 24.2. The Kier molecular flexibility index (Phi) is 6.02. The van der Waals surface area contributed by atoms with Crippen molar-refractivity contribution in [2.24, 2.45) is 34.1 Å². The number of ether oxygens (including phenoxy) is 1. The van der Waals surface area contributed by atoms with Crippen molar-refractivity contribution in [1.82, 2.24) is 0 Å². The van der Waals surface area contributed by atoms with E-state index in [0.717, 1.165) is 18.4 Å². The molecule has 1 aromatic rings. The molecule has 4 N–H and O–H groups in total. The molecule has 32 heavy (non-hydrogen) atoms. The predicted molar refractivity (Wildman–Crippen MR) is 118 cm³/mol. The van der Waals surface area contributed by atoms with Crippen LogP contribution in [-0.2, 0) is 4.79 Å². The summed E-state index contributed by atoms with van der Waals surface area (Å²) in [5.41, 5.74) is 11.7. The fraction of sp³-hybridized carbons (Fsp3) is 0.440. The number of hydrogen-bond acceptors (Lipinski definition) is 6. The van der Waals surface area contributed by atoms with Gasteiger partial charge in [-0.15, -0.1) is 0 Å². The van der Waals surface area contributed by atoms with Gasteiger partial charge in [0, 0.05) is 5.92 Å². The molecule has 2 aliphatic carbocycles. The third-order valence-electron chi connectivity index (χ3n) is 6.70. The molecule has 0 saturated heterocycles. The number of amides is 1. The number of fused-ring (bicyclic) bond motifs is 1. The van der Waals surface area contributed by atoms with Crippen LogP contribution in [0.1, 0.15) is 45.1 Å². The summed E-state index contributed by atoms with van der Waals surface area (Å²) in [6, 6.07) is 13.5. The Balaban J connectivity index is 2.14. The number of nitrogens with two attached hydrogens (primary N) is 2. The summed E-state index contributed by atoms with van der Waals surface area (Å²) in [6.07, 6.45) is 3.49. The smallest absolute Gasteiger partial charge is 0.255 e. The van der Waals surface area contributed by atoms with Crippen LogP contribution in [0, 0.1) is 56.7 Å². The minimum atomic E-state index is -1.63. The predicted octanol–water partition coefficient (Wildman–Crippen LogP) is 3.42. The Labute approximate surface area is 188 Å². The molecule has 1 amide bonds. The van der Waals surface area contributed by atoms with Gasteiger partial charge in [-0.2, -0.15) is 15.8 Å². The van der Waals surface area contributed by atoms with Crippen LogP contribution in [0.5, 0.6) is 5.75 Å². The zero-order chi connectivity index (χ0) is 23.7. The minimum Gasteiger partial charge on any atom is -0.484 e. The molecule has 7 heteroatoms. The molecule has 3 unspecified atom stereocenters. The molecule has 0 fully saturated rings. The van der Waals surface area contributed by atoms with E-state index in [1.54, 1.807) is 12.1 Å². The van der Waals surface area contributed by atoms with Crippen molar-refractivity contribution in [2.45, 2.75) is 39.5 Å². The second-order valence-electron chi connectivity index (χ2n) is 9.51. The number of carbonyl (C=O) groups excluding carboxylic acids is 1. The van der Waals surface area contributed by atoms with Crippen LogP contribution in [-0.4, -0.2) is 12.5 Å². The van der Waals surface area contributed by atoms with Gasteiger partial charge < -0.3 is 16.2 Å². The highest BCUT2D eigenvalue weighted by atomic mass is 16.5. The van der Waals surface area contributed by atoms with Gasteiger partial charge in [0.15, 0.2) is 6.61 Å². The lowest BCUT2D eigenvalue weighted by Gasteiger charge is -2.46. The monoisotopic (exact) mass is 429 g/mol. The molecule has 0 aromatic heterocycles. The number of hydrogen-bond donors (Lipinski definition) is 2. The lowest BCUT2D eigenvalue weighted by Crippen LogP contribution is -2.43. The van der Waals surface area contributed by atoms with Crippen LogP contribution in [0.4, 0.5) is 0 Å². The topological polar surface area (TPSA) is 150 Å². The van der Waals surface area contributed by atoms with Gasteiger partial charge in [0.1, 0.15) is 5.75 Å². The number of nitrogens with zero attached hydrogens (tertiary/aromatic N) is 3. The van der Waals surface area contributed by atoms with E-state index >= 15 is 0 Å². The molecule has 7 nitrogen and oxygen atoms in total. The van der Waals surface area contributed by atoms with E-state index in [2.05, 4.69) is 39.0 Å². The van der Waals surface area contributed by atoms with Crippen LogP contribution < -0.4 is 16.2 Å². The molecule has 0 bridgehead atoms. The standard InChI is InChI=1S/C25H27N5O2/c1-24(2,3)16-6-9-20-18(10-16)22(19(11-26)23(30)25(20,13-27)14-28)15-4-7-17(8-5-15)32-12-21(29)31/h4-5,7-9,16,18,22H,6,10,12,30H2,1-3H3,(H2,29,31). The summed E-state index contributed by atoms with van der Waals surface area (Å²) in [5.74, 6) is -0.345. The zero-order valence-corrected chi connectivity index (χ0v) is 18.6. The molecule has 0 saturated carbocycles. The second-order valence-corrected chi connectivity index (χ2v) is 9.51. The van der Waals surface area contributed by atoms with Crippen molar-refractivity contribution in [3.05, 3.63) is 52.7 Å². The average Bonchev–Trinajstić information content (AvgIpc) is 2.77. The minimum absolute atomic E-state index is 0.0146. The summed E-state index contributed by atoms with van der Waals surface area (Å²) in [7, 11) is 0. The van der Waals surface area contributed by atoms with Gasteiger partial charge in [-0.1, -0.05) is 39.0 Å². The van der Waals surface area contributed by atoms with Crippen LogP contribution in [0.2, 0.25) is 0 Å². The van der Waals surface area contributed by atoms with E-state index in [9.17, 15) is 20.6 Å². The van der Waals surface area contributed by atoms with E-state index < -0.39 is 11.3 Å². The summed E-state index contributed by atoms with van der Waals surface area (Å²) in [4.78, 5) is 11.0. The van der Waals surface area contributed by atoms with E-state index in [1.165, 1.54) is 0 Å². The van der Waals surface area contributed by atoms with Gasteiger partial charge in [0.05, 0.1) is 29.5 Å². The van der Waals surface area contributed by atoms with Crippen molar-refractivity contribution in [3.63, 3.8) is 0 Å². The van der Waals surface area contributed by atoms with Crippen LogP contribution in [0.3, 0.4) is 0 Å². The van der Waals surface area contributed by atoms with E-state index in [4.69, 9.17) is 16.2 Å². The Morgan fingerprint density at radius 2 is 1.81 bits per heavy atom. The lowest BCUT2D eigenvalue weighted by atomic mass is 9.55. The molecule has 3 atom stereocenters. The molecule has 0 spiro atoms. The average molecular weight is 430 g/mol. The van der Waals surface area contributed by atoms with Crippen LogP contribution in [0.25, 0.3) is 0 Å². The largest absolute Gasteiger partial charge is 0.484 e. The maximum atomic E-state index is 11.0. The number of primary amides is 1. The highest BCUT2D eigenvalue weighted by Crippen LogP contribution is 2.57. The van der Waals surface area contributed by atoms with Gasteiger partial charge >= 0.3 is 0 Å². The number of carbonyl (C=O) groups is 1. The first-order valence-corrected chi connectivity index (χ1v) is 10.5. The number of rotatable bonds is 4. The third kappa shape index (κ3) is 3.81. The van der Waals surface area contributed by atoms with E-state index in [-0.39, 0.29) is 35.1 Å². The number of benzene rings is 1. The zero-order valence-electron chi connectivity index (χ0n) is 18.6. The molecular formula is C25H27N5O2. The van der Waals surface area contributed by atoms with Crippen LogP contribution in [0.15, 0.2) is 47.2 Å². The van der Waals surface area contributed by atoms with Crippen molar-refractivity contribution < 1.29 is 9.53 Å². The number of nitriles is 3. The van der Waals surface area contributed by atoms with E-state index in [1.807, 2.05) is 18.2 Å². The van der Waals surface area contributed by atoms with E-state index in [0.29, 0.717) is 17.2 Å². The third-order valence-corrected chi connectivity index (χ3v) is 6.70. The molecule has 2 aliphatic rings. The van der Waals surface area contributed by atoms with Gasteiger partial charge in [0.2, 0.25) is 5.41 Å². The summed E-state index contributed by atoms with van der Waals surface area (Å²) in [6.45, 7) is 6.30. The highest BCUT2D eigenvalue weighted by molar-refractivity contribution is 5.75. The Hall–Kier alpha value is -3.76. The lowest BCUT2D eigenvalue weighted by molar-refractivity contribution is -0.119. The first-order chi connectivity index (χ1) is 15.1. The summed E-state index contributed by atoms with van der Waals surface area (Å²) >= 11 is 0. The van der Waals surface area contributed by atoms with Crippen LogP contribution >= 0.6 is 0 Å². The number of allylic oxidation sites excluding steroid dienone is 3. The fourth-order valence-corrected chi connectivity index (χ4v) is 4.86. The SMILES string of the molecule is CC(C)(C)C1CC=C2C(C1)C(c1ccc(OCC(N)=O)cc1)C(C#N)=C(N)C2(C#N)C#N. The molecule has 1 aromatic carbocycles. The Bertz CT molecular complexity index is 1090. The van der Waals surface area contributed by atoms with Gasteiger partial charge in [-0.25, -0.2) is 0 Å². The molecule has 3 rings (SSSR count). The quantitative estimate of drug-likeness (QED) is 0.700. The van der Waals surface area contributed by atoms with Crippen molar-refractivity contribution in [2.75, 3.05) is 6.61 Å². The van der Waals surface area contributed by atoms with Gasteiger partial charge in [-0.05, 0) is 53.4 Å². The molecule has 0 aliphatic heterocycles. The second kappa shape index (κ2) is 8.40. The first kappa shape index (κ1) is 22.9. The van der Waals surface area contributed by atoms with Gasteiger partial charge in [0.25, 0.3) is 5.91 Å². The first-order valence-electron chi connectivity index (χ1n) is 10.5. The highest BCUT2D eigenvalue weighted by Gasteiger charge is 2.53. The summed E-state index contributed by atoms with van der Waals surface area (Å²) < 4.78 is 5.35. The fourth-order valence-electron chi connectivity index (χ4n) is 4.86. The Morgan fingerprint density at radius 3 is 2.31 bits per heavy atom. The summed E-state index contributed by atoms with van der Waals surface area (Å²) in [5, 5.41) is 30.0. The van der Waals surface area contributed by atoms with Crippen molar-refractivity contribution >= 4 is 5.91 Å². The Morgan fingerprint density at radius 1 is 1.19 bits per heavy atom. The van der Waals surface area contributed by atoms with Gasteiger partial charge in [-0.3, -0.25) is 4.79 Å². The molecule has 0 heterocycles. The molecule has 0 radical (unpaired) electrons. The van der Waals surface area contributed by atoms with Crippen molar-refractivity contribution in [3.8, 4) is 24.0 Å². The maximum absolute atomic E-state index is 11.0. The maximum Gasteiger partial charge on any atom is 0.255 e.